The number of rotatable bonds is 6. The molecule has 0 fully saturated rings. The molecule has 0 bridgehead atoms. The molecule has 30 heavy (non-hydrogen) atoms. The van der Waals surface area contributed by atoms with Crippen molar-refractivity contribution in [2.45, 2.75) is 20.0 Å². The molecule has 0 saturated heterocycles. The van der Waals surface area contributed by atoms with E-state index in [2.05, 4.69) is 24.3 Å². The topological polar surface area (TPSA) is 34.5 Å². The highest BCUT2D eigenvalue weighted by Gasteiger charge is 2.25. The van der Waals surface area contributed by atoms with Crippen LogP contribution in [0.15, 0.2) is 60.7 Å². The summed E-state index contributed by atoms with van der Waals surface area (Å²) in [6.45, 7) is 3.08. The molecule has 0 aliphatic carbocycles. The Kier molecular flexibility index (Phi) is 5.55. The summed E-state index contributed by atoms with van der Waals surface area (Å²) in [5.74, 6) is -0.702. The highest BCUT2D eigenvalue weighted by molar-refractivity contribution is 5.99. The van der Waals surface area contributed by atoms with Crippen molar-refractivity contribution in [1.29, 1.82) is 0 Å². The number of esters is 1. The molecule has 4 aromatic rings. The summed E-state index contributed by atoms with van der Waals surface area (Å²) in [6, 6.07) is 19.0. The van der Waals surface area contributed by atoms with E-state index in [4.69, 9.17) is 4.74 Å². The van der Waals surface area contributed by atoms with E-state index in [9.17, 15) is 9.18 Å². The lowest BCUT2D eigenvalue weighted by atomic mass is 10.0. The number of ether oxygens (including phenoxy) is 1. The maximum absolute atomic E-state index is 14.1. The zero-order valence-electron chi connectivity index (χ0n) is 17.5. The Morgan fingerprint density at radius 3 is 2.57 bits per heavy atom. The lowest BCUT2D eigenvalue weighted by Crippen LogP contribution is -2.18. The summed E-state index contributed by atoms with van der Waals surface area (Å²) < 4.78 is 21.5. The SMILES string of the molecule is CCOC(=O)c1c(CN(C)C)c2cc(F)ccc2n1Cc1cccc2ccccc12. The highest BCUT2D eigenvalue weighted by Crippen LogP contribution is 2.31. The molecule has 0 atom stereocenters. The molecule has 1 heterocycles. The second kappa shape index (κ2) is 8.28. The predicted octanol–water partition coefficient (Wildman–Crippen LogP) is 5.22. The molecule has 5 heteroatoms. The zero-order chi connectivity index (χ0) is 21.3. The van der Waals surface area contributed by atoms with Crippen LogP contribution >= 0.6 is 0 Å². The summed E-state index contributed by atoms with van der Waals surface area (Å²) in [7, 11) is 3.87. The Labute approximate surface area is 175 Å². The van der Waals surface area contributed by atoms with E-state index < -0.39 is 0 Å². The normalized spacial score (nSPS) is 11.5. The second-order valence-corrected chi connectivity index (χ2v) is 7.67. The molecule has 3 aromatic carbocycles. The number of hydrogen-bond acceptors (Lipinski definition) is 3. The fraction of sp³-hybridized carbons (Fsp3) is 0.240. The van der Waals surface area contributed by atoms with Gasteiger partial charge in [0.15, 0.2) is 0 Å². The minimum absolute atomic E-state index is 0.282. The highest BCUT2D eigenvalue weighted by atomic mass is 19.1. The Balaban J connectivity index is 1.97. The molecule has 154 valence electrons. The minimum atomic E-state index is -0.383. The van der Waals surface area contributed by atoms with Crippen LogP contribution in [-0.4, -0.2) is 36.1 Å². The van der Waals surface area contributed by atoms with Gasteiger partial charge in [0.1, 0.15) is 11.5 Å². The van der Waals surface area contributed by atoms with E-state index in [-0.39, 0.29) is 18.4 Å². The average molecular weight is 404 g/mol. The van der Waals surface area contributed by atoms with Crippen LogP contribution in [0.1, 0.15) is 28.5 Å². The lowest BCUT2D eigenvalue weighted by molar-refractivity contribution is 0.0513. The number of carbonyl (C=O) groups excluding carboxylic acids is 1. The predicted molar refractivity (Wildman–Crippen MR) is 118 cm³/mol. The molecule has 1 aromatic heterocycles. The fourth-order valence-electron chi connectivity index (χ4n) is 4.07. The summed E-state index contributed by atoms with van der Waals surface area (Å²) >= 11 is 0. The van der Waals surface area contributed by atoms with Crippen LogP contribution in [-0.2, 0) is 17.8 Å². The summed E-state index contributed by atoms with van der Waals surface area (Å²) in [5, 5.41) is 3.02. The van der Waals surface area contributed by atoms with Crippen LogP contribution in [0.3, 0.4) is 0 Å². The van der Waals surface area contributed by atoms with Gasteiger partial charge in [-0.25, -0.2) is 9.18 Å². The second-order valence-electron chi connectivity index (χ2n) is 7.67. The van der Waals surface area contributed by atoms with Crippen molar-refractivity contribution in [3.8, 4) is 0 Å². The van der Waals surface area contributed by atoms with Gasteiger partial charge >= 0.3 is 5.97 Å². The van der Waals surface area contributed by atoms with Gasteiger partial charge in [-0.2, -0.15) is 0 Å². The number of aromatic nitrogens is 1. The molecule has 0 amide bonds. The minimum Gasteiger partial charge on any atom is -0.461 e. The first-order valence-electron chi connectivity index (χ1n) is 10.1. The van der Waals surface area contributed by atoms with Crippen LogP contribution in [0.5, 0.6) is 0 Å². The molecular formula is C25H25FN2O2. The number of fused-ring (bicyclic) bond motifs is 2. The van der Waals surface area contributed by atoms with Crippen molar-refractivity contribution in [2.24, 2.45) is 0 Å². The Morgan fingerprint density at radius 1 is 1.03 bits per heavy atom. The quantitative estimate of drug-likeness (QED) is 0.413. The van der Waals surface area contributed by atoms with Gasteiger partial charge in [0.25, 0.3) is 0 Å². The molecular weight excluding hydrogens is 379 g/mol. The molecule has 4 nitrogen and oxygen atoms in total. The molecule has 4 rings (SSSR count). The first kappa shape index (κ1) is 20.1. The summed E-state index contributed by atoms with van der Waals surface area (Å²) in [6.07, 6.45) is 0. The van der Waals surface area contributed by atoms with Crippen LogP contribution in [0, 0.1) is 5.82 Å². The van der Waals surface area contributed by atoms with Gasteiger partial charge in [-0.05, 0) is 55.6 Å². The first-order valence-corrected chi connectivity index (χ1v) is 10.1. The standard InChI is InChI=1S/C25H25FN2O2/c1-4-30-25(29)24-22(16-27(2)3)21-14-19(26)12-13-23(21)28(24)15-18-10-7-9-17-8-5-6-11-20(17)18/h5-14H,4,15-16H2,1-3H3. The van der Waals surface area contributed by atoms with E-state index in [1.165, 1.54) is 12.1 Å². The lowest BCUT2D eigenvalue weighted by Gasteiger charge is -2.15. The third-order valence-electron chi connectivity index (χ3n) is 5.28. The first-order chi connectivity index (χ1) is 14.5. The van der Waals surface area contributed by atoms with E-state index in [1.807, 2.05) is 41.8 Å². The van der Waals surface area contributed by atoms with Gasteiger partial charge in [0, 0.05) is 29.6 Å². The maximum Gasteiger partial charge on any atom is 0.355 e. The number of hydrogen-bond donors (Lipinski definition) is 0. The smallest absolute Gasteiger partial charge is 0.355 e. The molecule has 0 aliphatic rings. The van der Waals surface area contributed by atoms with Gasteiger partial charge in [0.05, 0.1) is 6.61 Å². The van der Waals surface area contributed by atoms with Crippen molar-refractivity contribution in [3.63, 3.8) is 0 Å². The van der Waals surface area contributed by atoms with Crippen molar-refractivity contribution in [1.82, 2.24) is 9.47 Å². The number of nitrogens with zero attached hydrogens (tertiary/aromatic N) is 2. The van der Waals surface area contributed by atoms with Crippen molar-refractivity contribution < 1.29 is 13.9 Å². The number of benzene rings is 3. The molecule has 0 unspecified atom stereocenters. The number of carbonyl (C=O) groups is 1. The van der Waals surface area contributed by atoms with Gasteiger partial charge in [-0.3, -0.25) is 0 Å². The molecule has 0 saturated carbocycles. The largest absolute Gasteiger partial charge is 0.461 e. The maximum atomic E-state index is 14.1. The van der Waals surface area contributed by atoms with Crippen molar-refractivity contribution in [3.05, 3.63) is 83.3 Å². The summed E-state index contributed by atoms with van der Waals surface area (Å²) in [5.41, 5.74) is 3.19. The molecule has 0 N–H and O–H groups in total. The average Bonchev–Trinajstić information content (AvgIpc) is 3.00. The van der Waals surface area contributed by atoms with Crippen LogP contribution in [0.4, 0.5) is 4.39 Å². The Morgan fingerprint density at radius 2 is 1.80 bits per heavy atom. The third kappa shape index (κ3) is 3.68. The van der Waals surface area contributed by atoms with Crippen molar-refractivity contribution in [2.75, 3.05) is 20.7 Å². The van der Waals surface area contributed by atoms with E-state index in [0.717, 1.165) is 32.8 Å². The monoisotopic (exact) mass is 404 g/mol. The van der Waals surface area contributed by atoms with Crippen molar-refractivity contribution >= 4 is 27.6 Å². The van der Waals surface area contributed by atoms with E-state index in [1.54, 1.807) is 13.0 Å². The van der Waals surface area contributed by atoms with E-state index >= 15 is 0 Å². The third-order valence-corrected chi connectivity index (χ3v) is 5.28. The zero-order valence-corrected chi connectivity index (χ0v) is 17.5. The van der Waals surface area contributed by atoms with E-state index in [0.29, 0.717) is 18.8 Å². The molecule has 0 radical (unpaired) electrons. The van der Waals surface area contributed by atoms with Gasteiger partial charge < -0.3 is 14.2 Å². The molecule has 0 spiro atoms. The van der Waals surface area contributed by atoms with Crippen LogP contribution < -0.4 is 0 Å². The van der Waals surface area contributed by atoms with Crippen LogP contribution in [0.2, 0.25) is 0 Å². The number of halogens is 1. The van der Waals surface area contributed by atoms with Gasteiger partial charge in [-0.1, -0.05) is 42.5 Å². The van der Waals surface area contributed by atoms with Gasteiger partial charge in [-0.15, -0.1) is 0 Å². The summed E-state index contributed by atoms with van der Waals surface area (Å²) in [4.78, 5) is 15.0. The Hall–Kier alpha value is -3.18. The van der Waals surface area contributed by atoms with Crippen LogP contribution in [0.25, 0.3) is 21.7 Å². The Bertz CT molecular complexity index is 1220. The van der Waals surface area contributed by atoms with Gasteiger partial charge in [0.2, 0.25) is 0 Å². The fourth-order valence-corrected chi connectivity index (χ4v) is 4.07. The molecule has 0 aliphatic heterocycles.